The van der Waals surface area contributed by atoms with Gasteiger partial charge in [-0.25, -0.2) is 8.42 Å². The van der Waals surface area contributed by atoms with Crippen LogP contribution in [0.15, 0.2) is 53.4 Å². The molecule has 1 N–H and O–H groups in total. The smallest absolute Gasteiger partial charge is 0.266 e. The van der Waals surface area contributed by atoms with Gasteiger partial charge in [-0.3, -0.25) is 4.84 Å². The third kappa shape index (κ3) is 4.85. The number of benzene rings is 2. The fourth-order valence-electron chi connectivity index (χ4n) is 1.88. The second-order valence-electron chi connectivity index (χ2n) is 4.61. The minimum Gasteiger partial charge on any atom is -0.497 e. The molecule has 2 aromatic carbocycles. The molecule has 0 saturated carbocycles. The van der Waals surface area contributed by atoms with Gasteiger partial charge in [0.2, 0.25) is 0 Å². The molecule has 0 unspecified atom stereocenters. The van der Waals surface area contributed by atoms with Gasteiger partial charge >= 0.3 is 0 Å². The van der Waals surface area contributed by atoms with Crippen LogP contribution in [-0.4, -0.2) is 35.9 Å². The Balaban J connectivity index is 1.89. The molecule has 0 bridgehead atoms. The summed E-state index contributed by atoms with van der Waals surface area (Å²) < 4.78 is 40.0. The Morgan fingerprint density at radius 2 is 1.67 bits per heavy atom. The van der Waals surface area contributed by atoms with Crippen LogP contribution in [0.25, 0.3) is 0 Å². The highest BCUT2D eigenvalue weighted by atomic mass is 32.2. The third-order valence-electron chi connectivity index (χ3n) is 3.03. The maximum atomic E-state index is 12.2. The average molecular weight is 353 g/mol. The Bertz CT molecular complexity index is 748. The molecule has 0 heterocycles. The van der Waals surface area contributed by atoms with Gasteiger partial charge in [0.05, 0.1) is 14.2 Å². The van der Waals surface area contributed by atoms with Crippen molar-refractivity contribution in [3.05, 3.63) is 48.5 Å². The summed E-state index contributed by atoms with van der Waals surface area (Å²) in [5.41, 5.74) is 0. The van der Waals surface area contributed by atoms with Crippen molar-refractivity contribution in [1.29, 1.82) is 0 Å². The lowest BCUT2D eigenvalue weighted by Crippen LogP contribution is -2.26. The highest BCUT2D eigenvalue weighted by Gasteiger charge is 2.20. The van der Waals surface area contributed by atoms with Crippen molar-refractivity contribution in [2.24, 2.45) is 0 Å². The Hall–Kier alpha value is -2.29. The molecular weight excluding hydrogens is 334 g/mol. The molecule has 0 amide bonds. The van der Waals surface area contributed by atoms with Crippen molar-refractivity contribution >= 4 is 10.0 Å². The van der Waals surface area contributed by atoms with Crippen LogP contribution >= 0.6 is 0 Å². The zero-order valence-corrected chi connectivity index (χ0v) is 14.2. The predicted octanol–water partition coefficient (Wildman–Crippen LogP) is 1.99. The normalized spacial score (nSPS) is 11.1. The molecular formula is C16H19NO6S. The van der Waals surface area contributed by atoms with Crippen molar-refractivity contribution in [3.8, 4) is 17.2 Å². The van der Waals surface area contributed by atoms with Crippen LogP contribution in [0.1, 0.15) is 0 Å². The Morgan fingerprint density at radius 3 is 2.33 bits per heavy atom. The number of rotatable bonds is 9. The first kappa shape index (κ1) is 18.1. The minimum absolute atomic E-state index is 0.0465. The Morgan fingerprint density at radius 1 is 0.917 bits per heavy atom. The van der Waals surface area contributed by atoms with Crippen molar-refractivity contribution in [2.75, 3.05) is 27.4 Å². The second kappa shape index (κ2) is 8.53. The standard InChI is InChI=1S/C16H19NO6S/c1-20-14-8-9-16(15(12-14)21-2)24(18,19)17-23-11-10-22-13-6-4-3-5-7-13/h3-9,12,17H,10-11H2,1-2H3. The third-order valence-corrected chi connectivity index (χ3v) is 4.28. The van der Waals surface area contributed by atoms with Crippen LogP contribution < -0.4 is 19.1 Å². The van der Waals surface area contributed by atoms with E-state index >= 15 is 0 Å². The molecule has 0 aliphatic heterocycles. The molecule has 130 valence electrons. The van der Waals surface area contributed by atoms with E-state index in [1.165, 1.54) is 32.4 Å². The van der Waals surface area contributed by atoms with Crippen LogP contribution in [0.3, 0.4) is 0 Å². The lowest BCUT2D eigenvalue weighted by Gasteiger charge is -2.12. The minimum atomic E-state index is -3.88. The van der Waals surface area contributed by atoms with Crippen LogP contribution in [0, 0.1) is 0 Å². The van der Waals surface area contributed by atoms with Crippen molar-refractivity contribution in [1.82, 2.24) is 4.89 Å². The predicted molar refractivity (Wildman–Crippen MR) is 87.8 cm³/mol. The van der Waals surface area contributed by atoms with Gasteiger partial charge in [-0.2, -0.15) is 0 Å². The summed E-state index contributed by atoms with van der Waals surface area (Å²) in [5, 5.41) is 0. The molecule has 0 radical (unpaired) electrons. The summed E-state index contributed by atoms with van der Waals surface area (Å²) in [7, 11) is -1.02. The quantitative estimate of drug-likeness (QED) is 0.548. The van der Waals surface area contributed by atoms with Crippen molar-refractivity contribution in [3.63, 3.8) is 0 Å². The molecule has 0 fully saturated rings. The van der Waals surface area contributed by atoms with E-state index in [-0.39, 0.29) is 23.9 Å². The Labute approximate surface area is 141 Å². The van der Waals surface area contributed by atoms with Crippen LogP contribution in [-0.2, 0) is 14.9 Å². The molecule has 0 saturated heterocycles. The Kier molecular flexibility index (Phi) is 6.42. The molecule has 7 nitrogen and oxygen atoms in total. The molecule has 0 aliphatic carbocycles. The summed E-state index contributed by atoms with van der Waals surface area (Å²) in [6.45, 7) is 0.249. The molecule has 0 aromatic heterocycles. The number of ether oxygens (including phenoxy) is 3. The fraction of sp³-hybridized carbons (Fsp3) is 0.250. The highest BCUT2D eigenvalue weighted by Crippen LogP contribution is 2.28. The number of methoxy groups -OCH3 is 2. The van der Waals surface area contributed by atoms with Gasteiger partial charge in [0, 0.05) is 6.07 Å². The zero-order valence-electron chi connectivity index (χ0n) is 13.4. The SMILES string of the molecule is COc1ccc(S(=O)(=O)NOCCOc2ccccc2)c(OC)c1. The lowest BCUT2D eigenvalue weighted by molar-refractivity contribution is 0.0665. The van der Waals surface area contributed by atoms with E-state index in [4.69, 9.17) is 19.0 Å². The van der Waals surface area contributed by atoms with Gasteiger partial charge in [0.15, 0.2) is 0 Å². The molecule has 0 atom stereocenters. The van der Waals surface area contributed by atoms with Gasteiger partial charge in [-0.1, -0.05) is 23.1 Å². The number of hydrogen-bond acceptors (Lipinski definition) is 6. The monoisotopic (exact) mass is 353 g/mol. The van der Waals surface area contributed by atoms with Gasteiger partial charge in [0.1, 0.15) is 35.4 Å². The van der Waals surface area contributed by atoms with E-state index in [0.717, 1.165) is 0 Å². The molecule has 0 spiro atoms. The topological polar surface area (TPSA) is 83.1 Å². The van der Waals surface area contributed by atoms with E-state index in [2.05, 4.69) is 0 Å². The summed E-state index contributed by atoms with van der Waals surface area (Å²) >= 11 is 0. The molecule has 0 aliphatic rings. The van der Waals surface area contributed by atoms with E-state index in [0.29, 0.717) is 11.5 Å². The summed E-state index contributed by atoms with van der Waals surface area (Å²) in [5.74, 6) is 1.33. The van der Waals surface area contributed by atoms with E-state index in [9.17, 15) is 8.42 Å². The maximum absolute atomic E-state index is 12.2. The highest BCUT2D eigenvalue weighted by molar-refractivity contribution is 7.89. The second-order valence-corrected chi connectivity index (χ2v) is 6.23. The first-order chi connectivity index (χ1) is 11.6. The number of sulfonamides is 1. The largest absolute Gasteiger partial charge is 0.497 e. The van der Waals surface area contributed by atoms with Crippen LogP contribution in [0.2, 0.25) is 0 Å². The van der Waals surface area contributed by atoms with Crippen LogP contribution in [0.4, 0.5) is 0 Å². The van der Waals surface area contributed by atoms with E-state index < -0.39 is 10.0 Å². The van der Waals surface area contributed by atoms with Crippen molar-refractivity contribution < 1.29 is 27.5 Å². The zero-order chi connectivity index (χ0) is 17.4. The van der Waals surface area contributed by atoms with E-state index in [1.807, 2.05) is 23.1 Å². The molecule has 2 aromatic rings. The molecule has 8 heteroatoms. The van der Waals surface area contributed by atoms with Gasteiger partial charge < -0.3 is 14.2 Å². The molecule has 2 rings (SSSR count). The lowest BCUT2D eigenvalue weighted by atomic mass is 10.3. The average Bonchev–Trinajstić information content (AvgIpc) is 2.61. The van der Waals surface area contributed by atoms with Gasteiger partial charge in [-0.05, 0) is 24.3 Å². The van der Waals surface area contributed by atoms with Gasteiger partial charge in [-0.15, -0.1) is 0 Å². The molecule has 24 heavy (non-hydrogen) atoms. The van der Waals surface area contributed by atoms with Crippen LogP contribution in [0.5, 0.6) is 17.2 Å². The fourth-order valence-corrected chi connectivity index (χ4v) is 2.86. The number of para-hydroxylation sites is 1. The summed E-state index contributed by atoms with van der Waals surface area (Å²) in [4.78, 5) is 6.98. The summed E-state index contributed by atoms with van der Waals surface area (Å²) in [6, 6.07) is 13.5. The van der Waals surface area contributed by atoms with Crippen molar-refractivity contribution in [2.45, 2.75) is 4.90 Å². The first-order valence-electron chi connectivity index (χ1n) is 7.10. The maximum Gasteiger partial charge on any atom is 0.266 e. The first-order valence-corrected chi connectivity index (χ1v) is 8.58. The number of hydrogen-bond donors (Lipinski definition) is 1. The van der Waals surface area contributed by atoms with Gasteiger partial charge in [0.25, 0.3) is 10.0 Å². The summed E-state index contributed by atoms with van der Waals surface area (Å²) in [6.07, 6.45) is 0. The van der Waals surface area contributed by atoms with E-state index in [1.54, 1.807) is 12.1 Å². The number of nitrogens with one attached hydrogen (secondary N) is 1.